The van der Waals surface area contributed by atoms with Gasteiger partial charge in [0.1, 0.15) is 5.76 Å². The predicted octanol–water partition coefficient (Wildman–Crippen LogP) is 1.39. The predicted molar refractivity (Wildman–Crippen MR) is 68.5 cm³/mol. The molecule has 0 aliphatic heterocycles. The highest BCUT2D eigenvalue weighted by molar-refractivity contribution is 7.80. The van der Waals surface area contributed by atoms with E-state index in [0.29, 0.717) is 11.4 Å². The maximum absolute atomic E-state index is 12.0. The fraction of sp³-hybridized carbons (Fsp3) is 0.500. The summed E-state index contributed by atoms with van der Waals surface area (Å²) >= 11 is 4.94. The fourth-order valence-electron chi connectivity index (χ4n) is 1.85. The quantitative estimate of drug-likeness (QED) is 0.777. The van der Waals surface area contributed by atoms with Crippen molar-refractivity contribution in [1.82, 2.24) is 5.32 Å². The van der Waals surface area contributed by atoms with Crippen molar-refractivity contribution in [2.24, 2.45) is 11.1 Å². The highest BCUT2D eigenvalue weighted by Gasteiger charge is 2.52. The van der Waals surface area contributed by atoms with Crippen LogP contribution in [0.1, 0.15) is 25.5 Å². The van der Waals surface area contributed by atoms with E-state index in [1.165, 1.54) is 0 Å². The van der Waals surface area contributed by atoms with Crippen LogP contribution in [0.25, 0.3) is 0 Å². The van der Waals surface area contributed by atoms with Crippen LogP contribution in [-0.2, 0) is 11.2 Å². The third-order valence-electron chi connectivity index (χ3n) is 3.12. The number of carbonyl (C=O) groups is 1. The van der Waals surface area contributed by atoms with Gasteiger partial charge in [0.25, 0.3) is 0 Å². The van der Waals surface area contributed by atoms with Crippen LogP contribution < -0.4 is 11.1 Å². The van der Waals surface area contributed by atoms with Crippen LogP contribution in [0.5, 0.6) is 0 Å². The Labute approximate surface area is 106 Å². The van der Waals surface area contributed by atoms with Crippen molar-refractivity contribution >= 4 is 23.1 Å². The van der Waals surface area contributed by atoms with Gasteiger partial charge in [0, 0.05) is 12.5 Å². The summed E-state index contributed by atoms with van der Waals surface area (Å²) in [6.07, 6.45) is 3.83. The molecule has 1 atom stereocenters. The van der Waals surface area contributed by atoms with E-state index < -0.39 is 5.41 Å². The Bertz CT molecular complexity index is 424. The molecule has 2 rings (SSSR count). The lowest BCUT2D eigenvalue weighted by Gasteiger charge is -2.18. The van der Waals surface area contributed by atoms with Crippen LogP contribution >= 0.6 is 12.2 Å². The first-order valence-corrected chi connectivity index (χ1v) is 6.09. The normalized spacial score (nSPS) is 18.4. The molecule has 1 aromatic heterocycles. The summed E-state index contributed by atoms with van der Waals surface area (Å²) in [5.41, 5.74) is 5.02. The van der Waals surface area contributed by atoms with E-state index in [1.807, 2.05) is 19.1 Å². The summed E-state index contributed by atoms with van der Waals surface area (Å²) in [6.45, 7) is 1.94. The number of rotatable bonds is 5. The van der Waals surface area contributed by atoms with Crippen molar-refractivity contribution in [2.45, 2.75) is 32.2 Å². The molecule has 0 saturated heterocycles. The van der Waals surface area contributed by atoms with Gasteiger partial charge in [-0.25, -0.2) is 0 Å². The van der Waals surface area contributed by atoms with Gasteiger partial charge >= 0.3 is 0 Å². The monoisotopic (exact) mass is 252 g/mol. The van der Waals surface area contributed by atoms with Gasteiger partial charge in [-0.05, 0) is 31.9 Å². The van der Waals surface area contributed by atoms with E-state index in [9.17, 15) is 4.79 Å². The average molecular weight is 252 g/mol. The van der Waals surface area contributed by atoms with Crippen molar-refractivity contribution in [3.8, 4) is 0 Å². The lowest BCUT2D eigenvalue weighted by molar-refractivity contribution is -0.124. The topological polar surface area (TPSA) is 68.3 Å². The summed E-state index contributed by atoms with van der Waals surface area (Å²) in [6, 6.07) is 3.74. The summed E-state index contributed by atoms with van der Waals surface area (Å²) < 4.78 is 5.23. The molecule has 0 bridgehead atoms. The molecule has 17 heavy (non-hydrogen) atoms. The van der Waals surface area contributed by atoms with Gasteiger partial charge < -0.3 is 15.5 Å². The third kappa shape index (κ3) is 2.49. The van der Waals surface area contributed by atoms with E-state index in [2.05, 4.69) is 5.32 Å². The zero-order valence-electron chi connectivity index (χ0n) is 9.73. The number of hydrogen-bond donors (Lipinski definition) is 2. The SMILES string of the molecule is CC(Cc1ccco1)NC(=O)C1(C(N)=S)CC1. The molecule has 1 amide bonds. The van der Waals surface area contributed by atoms with Crippen LogP contribution in [0, 0.1) is 5.41 Å². The molecular formula is C12H16N2O2S. The van der Waals surface area contributed by atoms with Crippen LogP contribution in [0.15, 0.2) is 22.8 Å². The standard InChI is InChI=1S/C12H16N2O2S/c1-8(7-9-3-2-6-16-9)14-11(15)12(4-5-12)10(13)17/h2-3,6,8H,4-5,7H2,1H3,(H2,13,17)(H,14,15). The van der Waals surface area contributed by atoms with E-state index in [1.54, 1.807) is 6.26 Å². The van der Waals surface area contributed by atoms with Gasteiger partial charge in [0.2, 0.25) is 5.91 Å². The zero-order valence-corrected chi connectivity index (χ0v) is 10.5. The lowest BCUT2D eigenvalue weighted by atomic mass is 10.1. The largest absolute Gasteiger partial charge is 0.469 e. The molecule has 1 aromatic rings. The van der Waals surface area contributed by atoms with Crippen molar-refractivity contribution in [3.05, 3.63) is 24.2 Å². The molecule has 1 aliphatic carbocycles. The highest BCUT2D eigenvalue weighted by Crippen LogP contribution is 2.46. The Morgan fingerprint density at radius 3 is 2.88 bits per heavy atom. The first kappa shape index (κ1) is 12.1. The number of nitrogens with one attached hydrogen (secondary N) is 1. The maximum Gasteiger partial charge on any atom is 0.233 e. The zero-order chi connectivity index (χ0) is 12.5. The fourth-order valence-corrected chi connectivity index (χ4v) is 2.15. The molecule has 1 unspecified atom stereocenters. The minimum absolute atomic E-state index is 0.0143. The van der Waals surface area contributed by atoms with Crippen molar-refractivity contribution in [2.75, 3.05) is 0 Å². The Morgan fingerprint density at radius 1 is 1.71 bits per heavy atom. The minimum atomic E-state index is -0.577. The highest BCUT2D eigenvalue weighted by atomic mass is 32.1. The molecule has 1 saturated carbocycles. The molecule has 92 valence electrons. The van der Waals surface area contributed by atoms with Gasteiger partial charge in [0.05, 0.1) is 16.7 Å². The van der Waals surface area contributed by atoms with Crippen LogP contribution in [0.4, 0.5) is 0 Å². The number of furan rings is 1. The molecule has 1 fully saturated rings. The number of amides is 1. The molecule has 0 spiro atoms. The molecule has 3 N–H and O–H groups in total. The Kier molecular flexibility index (Phi) is 3.19. The minimum Gasteiger partial charge on any atom is -0.469 e. The number of hydrogen-bond acceptors (Lipinski definition) is 3. The molecule has 4 nitrogen and oxygen atoms in total. The van der Waals surface area contributed by atoms with Gasteiger partial charge in [-0.15, -0.1) is 0 Å². The molecule has 5 heteroatoms. The first-order valence-electron chi connectivity index (χ1n) is 5.68. The van der Waals surface area contributed by atoms with Crippen LogP contribution in [-0.4, -0.2) is 16.9 Å². The van der Waals surface area contributed by atoms with Gasteiger partial charge in [-0.3, -0.25) is 4.79 Å². The summed E-state index contributed by atoms with van der Waals surface area (Å²) in [4.78, 5) is 12.3. The van der Waals surface area contributed by atoms with Gasteiger partial charge in [-0.2, -0.15) is 0 Å². The molecule has 1 heterocycles. The summed E-state index contributed by atoms with van der Waals surface area (Å²) in [5.74, 6) is 0.807. The van der Waals surface area contributed by atoms with Crippen LogP contribution in [0.3, 0.4) is 0 Å². The van der Waals surface area contributed by atoms with E-state index in [0.717, 1.165) is 18.6 Å². The van der Waals surface area contributed by atoms with E-state index in [-0.39, 0.29) is 11.9 Å². The second-order valence-electron chi connectivity index (χ2n) is 4.60. The second-order valence-corrected chi connectivity index (χ2v) is 5.04. The number of thiocarbonyl (C=S) groups is 1. The first-order chi connectivity index (χ1) is 8.04. The van der Waals surface area contributed by atoms with Crippen molar-refractivity contribution in [1.29, 1.82) is 0 Å². The number of nitrogens with two attached hydrogens (primary N) is 1. The molecule has 0 aromatic carbocycles. The summed E-state index contributed by atoms with van der Waals surface area (Å²) in [7, 11) is 0. The van der Waals surface area contributed by atoms with Gasteiger partial charge in [-0.1, -0.05) is 12.2 Å². The number of carbonyl (C=O) groups excluding carboxylic acids is 1. The molecule has 1 aliphatic rings. The Hall–Kier alpha value is -1.36. The van der Waals surface area contributed by atoms with Gasteiger partial charge in [0.15, 0.2) is 0 Å². The van der Waals surface area contributed by atoms with Crippen molar-refractivity contribution in [3.63, 3.8) is 0 Å². The van der Waals surface area contributed by atoms with E-state index in [4.69, 9.17) is 22.4 Å². The van der Waals surface area contributed by atoms with Crippen LogP contribution in [0.2, 0.25) is 0 Å². The Morgan fingerprint density at radius 2 is 2.41 bits per heavy atom. The maximum atomic E-state index is 12.0. The lowest BCUT2D eigenvalue weighted by Crippen LogP contribution is -2.44. The smallest absolute Gasteiger partial charge is 0.233 e. The van der Waals surface area contributed by atoms with Crippen molar-refractivity contribution < 1.29 is 9.21 Å². The third-order valence-corrected chi connectivity index (χ3v) is 3.51. The summed E-state index contributed by atoms with van der Waals surface area (Å²) in [5, 5.41) is 2.94. The average Bonchev–Trinajstić information content (AvgIpc) is 2.93. The Balaban J connectivity index is 1.89. The van der Waals surface area contributed by atoms with E-state index >= 15 is 0 Å². The molecular weight excluding hydrogens is 236 g/mol. The molecule has 0 radical (unpaired) electrons. The second kappa shape index (κ2) is 4.49.